The Balaban J connectivity index is 1.70. The Morgan fingerprint density at radius 1 is 1.11 bits per heavy atom. The highest BCUT2D eigenvalue weighted by molar-refractivity contribution is 7.22. The van der Waals surface area contributed by atoms with Crippen LogP contribution in [0.4, 0.5) is 9.52 Å². The van der Waals surface area contributed by atoms with Crippen LogP contribution in [0.1, 0.15) is 48.2 Å². The summed E-state index contributed by atoms with van der Waals surface area (Å²) in [5, 5.41) is 11.5. The van der Waals surface area contributed by atoms with Gasteiger partial charge in [-0.25, -0.2) is 9.37 Å². The molecule has 0 saturated carbocycles. The Hall–Kier alpha value is -3.91. The zero-order valence-corrected chi connectivity index (χ0v) is 20.1. The van der Waals surface area contributed by atoms with Crippen molar-refractivity contribution >= 4 is 44.1 Å². The summed E-state index contributed by atoms with van der Waals surface area (Å²) in [4.78, 5) is 36.9. The lowest BCUT2D eigenvalue weighted by atomic mass is 9.97. The van der Waals surface area contributed by atoms with Crippen molar-refractivity contribution in [2.24, 2.45) is 0 Å². The number of aliphatic hydroxyl groups excluding tert-OH is 1. The molecular formula is C27H22FN3O3S. The van der Waals surface area contributed by atoms with Crippen LogP contribution in [0.25, 0.3) is 16.0 Å². The number of anilines is 1. The summed E-state index contributed by atoms with van der Waals surface area (Å²) in [6.45, 7) is 5.76. The number of aryl methyl sites for hydroxylation is 1. The molecule has 1 unspecified atom stereocenters. The second-order valence-electron chi connectivity index (χ2n) is 8.77. The van der Waals surface area contributed by atoms with Gasteiger partial charge in [0.1, 0.15) is 17.6 Å². The number of halogens is 1. The first-order valence-electron chi connectivity index (χ1n) is 11.1. The maximum absolute atomic E-state index is 13.8. The summed E-state index contributed by atoms with van der Waals surface area (Å²) in [7, 11) is 0. The summed E-state index contributed by atoms with van der Waals surface area (Å²) in [5.41, 5.74) is 2.71. The molecule has 5 rings (SSSR count). The Morgan fingerprint density at radius 3 is 2.60 bits per heavy atom. The highest BCUT2D eigenvalue weighted by atomic mass is 32.1. The quantitative estimate of drug-likeness (QED) is 0.221. The van der Waals surface area contributed by atoms with Gasteiger partial charge in [0.15, 0.2) is 5.13 Å². The summed E-state index contributed by atoms with van der Waals surface area (Å²) in [6.07, 6.45) is 1.56. The van der Waals surface area contributed by atoms with E-state index >= 15 is 0 Å². The maximum atomic E-state index is 13.8. The molecule has 35 heavy (non-hydrogen) atoms. The molecule has 1 amide bonds. The number of carbonyl (C=O) groups is 2. The average molecular weight is 488 g/mol. The number of Topliss-reactive ketones (excluding diaryl/α,β-unsaturated/α-hetero) is 1. The number of fused-ring (bicyclic) bond motifs is 1. The lowest BCUT2D eigenvalue weighted by molar-refractivity contribution is -0.132. The van der Waals surface area contributed by atoms with Crippen LogP contribution in [0.5, 0.6) is 0 Å². The minimum absolute atomic E-state index is 0.109. The van der Waals surface area contributed by atoms with Crippen LogP contribution in [0.2, 0.25) is 0 Å². The van der Waals surface area contributed by atoms with E-state index in [4.69, 9.17) is 0 Å². The van der Waals surface area contributed by atoms with Crippen LogP contribution < -0.4 is 4.90 Å². The standard InChI is InChI=1S/C27H22FN3O3S/c1-14(2)16-8-10-19-21(13-16)35-27(30-19)31-23(20-6-4-5-11-29-20)22(25(33)26(31)34)24(32)17-7-9-18(28)15(3)12-17/h4-14,23,32H,1-3H3/b24-22+. The number of aliphatic hydroxyl groups is 1. The Morgan fingerprint density at radius 2 is 1.91 bits per heavy atom. The fraction of sp³-hybridized carbons (Fsp3) is 0.185. The van der Waals surface area contributed by atoms with Crippen molar-refractivity contribution in [3.8, 4) is 0 Å². The predicted octanol–water partition coefficient (Wildman–Crippen LogP) is 5.89. The van der Waals surface area contributed by atoms with Crippen molar-refractivity contribution in [2.75, 3.05) is 4.90 Å². The van der Waals surface area contributed by atoms with Crippen LogP contribution in [0.15, 0.2) is 66.4 Å². The number of ketones is 1. The van der Waals surface area contributed by atoms with Gasteiger partial charge >= 0.3 is 5.91 Å². The highest BCUT2D eigenvalue weighted by Crippen LogP contribution is 2.44. The van der Waals surface area contributed by atoms with Gasteiger partial charge < -0.3 is 5.11 Å². The summed E-state index contributed by atoms with van der Waals surface area (Å²) in [6, 6.07) is 14.2. The molecule has 1 saturated heterocycles. The number of rotatable bonds is 4. The second-order valence-corrected chi connectivity index (χ2v) is 9.78. The molecule has 0 bridgehead atoms. The summed E-state index contributed by atoms with van der Waals surface area (Å²) < 4.78 is 14.7. The van der Waals surface area contributed by atoms with Crippen LogP contribution >= 0.6 is 11.3 Å². The van der Waals surface area contributed by atoms with E-state index in [0.717, 1.165) is 10.3 Å². The van der Waals surface area contributed by atoms with Gasteiger partial charge in [0.2, 0.25) is 0 Å². The zero-order valence-electron chi connectivity index (χ0n) is 19.3. The van der Waals surface area contributed by atoms with Crippen molar-refractivity contribution < 1.29 is 19.1 Å². The molecule has 0 spiro atoms. The van der Waals surface area contributed by atoms with E-state index in [9.17, 15) is 19.1 Å². The van der Waals surface area contributed by atoms with Crippen molar-refractivity contribution in [1.82, 2.24) is 9.97 Å². The van der Waals surface area contributed by atoms with Gasteiger partial charge in [0.25, 0.3) is 5.78 Å². The van der Waals surface area contributed by atoms with Gasteiger partial charge in [-0.1, -0.05) is 37.3 Å². The first kappa shape index (κ1) is 22.9. The minimum Gasteiger partial charge on any atom is -0.507 e. The lowest BCUT2D eigenvalue weighted by Gasteiger charge is -2.22. The average Bonchev–Trinajstić information content (AvgIpc) is 3.38. The number of hydrogen-bond donors (Lipinski definition) is 1. The zero-order chi connectivity index (χ0) is 24.9. The third-order valence-corrected chi connectivity index (χ3v) is 7.14. The van der Waals surface area contributed by atoms with Crippen LogP contribution in [0.3, 0.4) is 0 Å². The van der Waals surface area contributed by atoms with Crippen LogP contribution in [0, 0.1) is 12.7 Å². The van der Waals surface area contributed by atoms with E-state index in [2.05, 4.69) is 23.8 Å². The largest absolute Gasteiger partial charge is 0.507 e. The maximum Gasteiger partial charge on any atom is 0.301 e. The molecule has 1 aliphatic heterocycles. The van der Waals surface area contributed by atoms with Crippen molar-refractivity contribution in [3.05, 3.63) is 94.6 Å². The monoisotopic (exact) mass is 487 g/mol. The first-order valence-corrected chi connectivity index (χ1v) is 12.0. The molecule has 8 heteroatoms. The predicted molar refractivity (Wildman–Crippen MR) is 134 cm³/mol. The minimum atomic E-state index is -0.980. The van der Waals surface area contributed by atoms with Gasteiger partial charge in [-0.2, -0.15) is 0 Å². The van der Waals surface area contributed by atoms with Gasteiger partial charge in [-0.15, -0.1) is 0 Å². The van der Waals surface area contributed by atoms with Gasteiger partial charge in [-0.3, -0.25) is 19.5 Å². The molecule has 0 aliphatic carbocycles. The molecule has 2 aromatic heterocycles. The lowest BCUT2D eigenvalue weighted by Crippen LogP contribution is -2.29. The molecule has 6 nitrogen and oxygen atoms in total. The molecule has 1 aliphatic rings. The number of amides is 1. The van der Waals surface area contributed by atoms with E-state index in [1.807, 2.05) is 18.2 Å². The number of hydrogen-bond acceptors (Lipinski definition) is 6. The smallest absolute Gasteiger partial charge is 0.301 e. The Labute approximate surface area is 205 Å². The van der Waals surface area contributed by atoms with Crippen molar-refractivity contribution in [1.29, 1.82) is 0 Å². The third-order valence-electron chi connectivity index (χ3n) is 6.12. The fourth-order valence-electron chi connectivity index (χ4n) is 4.19. The number of pyridine rings is 1. The molecule has 2 aromatic carbocycles. The number of nitrogens with zero attached hydrogens (tertiary/aromatic N) is 3. The highest BCUT2D eigenvalue weighted by Gasteiger charge is 2.48. The number of aromatic nitrogens is 2. The Kier molecular flexibility index (Phi) is 5.68. The number of carbonyl (C=O) groups excluding carboxylic acids is 2. The first-order chi connectivity index (χ1) is 16.8. The van der Waals surface area contributed by atoms with Crippen LogP contribution in [-0.4, -0.2) is 26.8 Å². The van der Waals surface area contributed by atoms with E-state index in [-0.39, 0.29) is 16.9 Å². The van der Waals surface area contributed by atoms with Gasteiger partial charge in [-0.05, 0) is 66.4 Å². The third kappa shape index (κ3) is 3.89. The summed E-state index contributed by atoms with van der Waals surface area (Å²) in [5.74, 6) is -2.13. The van der Waals surface area contributed by atoms with E-state index in [1.165, 1.54) is 34.4 Å². The normalized spacial score (nSPS) is 17.6. The van der Waals surface area contributed by atoms with Gasteiger partial charge in [0, 0.05) is 11.8 Å². The number of benzene rings is 2. The van der Waals surface area contributed by atoms with Crippen LogP contribution in [-0.2, 0) is 9.59 Å². The fourth-order valence-corrected chi connectivity index (χ4v) is 5.23. The molecule has 1 fully saturated rings. The molecule has 0 radical (unpaired) electrons. The molecule has 4 aromatic rings. The SMILES string of the molecule is Cc1cc(/C(O)=C2\C(=O)C(=O)N(c3nc4ccc(C(C)C)cc4s3)C2c2ccccn2)ccc1F. The van der Waals surface area contributed by atoms with E-state index in [1.54, 1.807) is 31.3 Å². The van der Waals surface area contributed by atoms with E-state index in [0.29, 0.717) is 27.8 Å². The van der Waals surface area contributed by atoms with E-state index < -0.39 is 23.5 Å². The number of thiazole rings is 1. The molecule has 3 heterocycles. The topological polar surface area (TPSA) is 83.4 Å². The van der Waals surface area contributed by atoms with Crippen molar-refractivity contribution in [2.45, 2.75) is 32.7 Å². The summed E-state index contributed by atoms with van der Waals surface area (Å²) >= 11 is 1.30. The molecular weight excluding hydrogens is 465 g/mol. The molecule has 1 atom stereocenters. The molecule has 1 N–H and O–H groups in total. The molecule has 176 valence electrons. The second kappa shape index (κ2) is 8.70. The van der Waals surface area contributed by atoms with Crippen molar-refractivity contribution in [3.63, 3.8) is 0 Å². The Bertz CT molecular complexity index is 1510. The van der Waals surface area contributed by atoms with Gasteiger partial charge in [0.05, 0.1) is 21.5 Å².